The maximum absolute atomic E-state index is 12.5. The Hall–Kier alpha value is -3.01. The molecule has 3 aromatic rings. The molecule has 2 aromatic carbocycles. The van der Waals surface area contributed by atoms with Gasteiger partial charge in [0.25, 0.3) is 15.7 Å². The van der Waals surface area contributed by atoms with Crippen molar-refractivity contribution in [3.8, 4) is 0 Å². The van der Waals surface area contributed by atoms with Gasteiger partial charge in [-0.3, -0.25) is 14.8 Å². The van der Waals surface area contributed by atoms with E-state index in [1.807, 2.05) is 0 Å². The number of fused-ring (bicyclic) bond motifs is 1. The molecule has 9 nitrogen and oxygen atoms in total. The Kier molecular flexibility index (Phi) is 3.45. The first kappa shape index (κ1) is 14.9. The molecule has 0 saturated heterocycles. The molecular weight excluding hydrogens is 324 g/mol. The number of nitro groups is 1. The van der Waals surface area contributed by atoms with E-state index in [1.165, 1.54) is 24.3 Å². The topological polar surface area (TPSA) is 128 Å². The van der Waals surface area contributed by atoms with Gasteiger partial charge in [0.15, 0.2) is 0 Å². The quantitative estimate of drug-likeness (QED) is 0.572. The van der Waals surface area contributed by atoms with E-state index in [-0.39, 0.29) is 16.3 Å². The zero-order chi connectivity index (χ0) is 16.6. The van der Waals surface area contributed by atoms with E-state index in [1.54, 1.807) is 13.0 Å². The molecule has 0 aliphatic rings. The number of aryl methyl sites for hydroxylation is 1. The number of hydrogen-bond acceptors (Lipinski definition) is 7. The minimum Gasteiger partial charge on any atom is -0.280 e. The average molecular weight is 334 g/mol. The fourth-order valence-electron chi connectivity index (χ4n) is 2.05. The first-order chi connectivity index (χ1) is 10.9. The van der Waals surface area contributed by atoms with Crippen LogP contribution in [0.5, 0.6) is 0 Å². The maximum Gasteiger partial charge on any atom is 0.270 e. The molecule has 23 heavy (non-hydrogen) atoms. The molecule has 0 spiro atoms. The highest BCUT2D eigenvalue weighted by molar-refractivity contribution is 7.92. The predicted molar refractivity (Wildman–Crippen MR) is 80.4 cm³/mol. The van der Waals surface area contributed by atoms with Gasteiger partial charge in [0, 0.05) is 12.1 Å². The van der Waals surface area contributed by atoms with E-state index in [9.17, 15) is 18.5 Å². The lowest BCUT2D eigenvalue weighted by atomic mass is 10.2. The third-order valence-corrected chi connectivity index (χ3v) is 4.70. The number of benzene rings is 2. The van der Waals surface area contributed by atoms with E-state index in [4.69, 9.17) is 0 Å². The van der Waals surface area contributed by atoms with Crippen LogP contribution in [0.25, 0.3) is 11.0 Å². The monoisotopic (exact) mass is 334 g/mol. The molecule has 0 fully saturated rings. The summed E-state index contributed by atoms with van der Waals surface area (Å²) in [6, 6.07) is 8.16. The van der Waals surface area contributed by atoms with Crippen LogP contribution in [0.2, 0.25) is 0 Å². The molecule has 0 aliphatic carbocycles. The number of sulfonamides is 1. The van der Waals surface area contributed by atoms with Gasteiger partial charge in [-0.05, 0) is 41.0 Å². The molecule has 0 saturated carbocycles. The van der Waals surface area contributed by atoms with Crippen LogP contribution in [0.4, 0.5) is 11.4 Å². The fourth-order valence-corrected chi connectivity index (χ4v) is 3.36. The van der Waals surface area contributed by atoms with E-state index < -0.39 is 14.9 Å². The second-order valence-electron chi connectivity index (χ2n) is 4.78. The summed E-state index contributed by atoms with van der Waals surface area (Å²) < 4.78 is 31.9. The van der Waals surface area contributed by atoms with E-state index in [2.05, 4.69) is 19.7 Å². The molecule has 0 radical (unpaired) electrons. The lowest BCUT2D eigenvalue weighted by Crippen LogP contribution is -2.14. The van der Waals surface area contributed by atoms with Gasteiger partial charge in [-0.1, -0.05) is 6.07 Å². The molecule has 1 N–H and O–H groups in total. The summed E-state index contributed by atoms with van der Waals surface area (Å²) in [6.07, 6.45) is 0. The zero-order valence-electron chi connectivity index (χ0n) is 11.8. The second-order valence-corrected chi connectivity index (χ2v) is 6.43. The van der Waals surface area contributed by atoms with Crippen molar-refractivity contribution in [2.24, 2.45) is 0 Å². The SMILES string of the molecule is Cc1ccc([N+](=O)[O-])cc1S(=O)(=O)Nc1ccc2nonc2c1. The number of rotatable bonds is 4. The number of nitrogens with one attached hydrogen (secondary N) is 1. The number of nitro benzene ring substituents is 1. The van der Waals surface area contributed by atoms with E-state index >= 15 is 0 Å². The molecule has 0 aliphatic heterocycles. The van der Waals surface area contributed by atoms with Crippen molar-refractivity contribution in [3.05, 3.63) is 52.1 Å². The molecule has 3 rings (SSSR count). The Balaban J connectivity index is 2.01. The van der Waals surface area contributed by atoms with Crippen LogP contribution in [0.15, 0.2) is 45.9 Å². The lowest BCUT2D eigenvalue weighted by molar-refractivity contribution is -0.385. The minimum atomic E-state index is -3.98. The van der Waals surface area contributed by atoms with Crippen LogP contribution in [-0.4, -0.2) is 23.7 Å². The van der Waals surface area contributed by atoms with Gasteiger partial charge in [0.2, 0.25) is 0 Å². The predicted octanol–water partition coefficient (Wildman–Crippen LogP) is 2.24. The number of non-ortho nitro benzene ring substituents is 1. The van der Waals surface area contributed by atoms with Gasteiger partial charge in [0.05, 0.1) is 15.5 Å². The molecule has 1 aromatic heterocycles. The Morgan fingerprint density at radius 2 is 1.87 bits per heavy atom. The Bertz CT molecular complexity index is 1010. The molecule has 1 heterocycles. The van der Waals surface area contributed by atoms with Crippen LogP contribution in [0.3, 0.4) is 0 Å². The molecule has 0 unspecified atom stereocenters. The third kappa shape index (κ3) is 2.83. The Morgan fingerprint density at radius 3 is 2.61 bits per heavy atom. The highest BCUT2D eigenvalue weighted by Crippen LogP contribution is 2.25. The smallest absolute Gasteiger partial charge is 0.270 e. The van der Waals surface area contributed by atoms with Crippen molar-refractivity contribution < 1.29 is 18.0 Å². The summed E-state index contributed by atoms with van der Waals surface area (Å²) in [6.45, 7) is 1.56. The van der Waals surface area contributed by atoms with Gasteiger partial charge in [-0.2, -0.15) is 0 Å². The molecular formula is C13H10N4O5S. The van der Waals surface area contributed by atoms with Crippen molar-refractivity contribution >= 4 is 32.4 Å². The summed E-state index contributed by atoms with van der Waals surface area (Å²) in [4.78, 5) is 10.0. The molecule has 10 heteroatoms. The fraction of sp³-hybridized carbons (Fsp3) is 0.0769. The van der Waals surface area contributed by atoms with Crippen LogP contribution in [-0.2, 0) is 10.0 Å². The average Bonchev–Trinajstić information content (AvgIpc) is 2.94. The number of anilines is 1. The first-order valence-corrected chi connectivity index (χ1v) is 7.85. The van der Waals surface area contributed by atoms with Gasteiger partial charge in [0.1, 0.15) is 11.0 Å². The standard InChI is InChI=1S/C13H10N4O5S/c1-8-2-4-10(17(18)19)7-13(8)23(20,21)16-9-3-5-11-12(6-9)15-22-14-11/h2-7,16H,1H3. The summed E-state index contributed by atoms with van der Waals surface area (Å²) in [5.74, 6) is 0. The molecule has 0 amide bonds. The largest absolute Gasteiger partial charge is 0.280 e. The lowest BCUT2D eigenvalue weighted by Gasteiger charge is -2.10. The van der Waals surface area contributed by atoms with Crippen LogP contribution >= 0.6 is 0 Å². The van der Waals surface area contributed by atoms with Crippen LogP contribution in [0.1, 0.15) is 5.56 Å². The highest BCUT2D eigenvalue weighted by Gasteiger charge is 2.21. The van der Waals surface area contributed by atoms with Crippen molar-refractivity contribution in [3.63, 3.8) is 0 Å². The number of nitrogens with zero attached hydrogens (tertiary/aromatic N) is 3. The molecule has 0 bridgehead atoms. The van der Waals surface area contributed by atoms with Gasteiger partial charge >= 0.3 is 0 Å². The van der Waals surface area contributed by atoms with E-state index in [0.29, 0.717) is 16.6 Å². The molecule has 118 valence electrons. The van der Waals surface area contributed by atoms with Gasteiger partial charge in [-0.15, -0.1) is 0 Å². The summed E-state index contributed by atoms with van der Waals surface area (Å²) in [7, 11) is -3.98. The van der Waals surface area contributed by atoms with Gasteiger partial charge in [-0.25, -0.2) is 13.0 Å². The second kappa shape index (κ2) is 5.32. The summed E-state index contributed by atoms with van der Waals surface area (Å²) >= 11 is 0. The number of aromatic nitrogens is 2. The van der Waals surface area contributed by atoms with Crippen LogP contribution < -0.4 is 4.72 Å². The van der Waals surface area contributed by atoms with Crippen molar-refractivity contribution in [1.29, 1.82) is 0 Å². The highest BCUT2D eigenvalue weighted by atomic mass is 32.2. The number of hydrogen-bond donors (Lipinski definition) is 1. The minimum absolute atomic E-state index is 0.162. The third-order valence-electron chi connectivity index (χ3n) is 3.18. The van der Waals surface area contributed by atoms with Gasteiger partial charge < -0.3 is 0 Å². The van der Waals surface area contributed by atoms with E-state index in [0.717, 1.165) is 6.07 Å². The first-order valence-electron chi connectivity index (χ1n) is 6.37. The van der Waals surface area contributed by atoms with Crippen molar-refractivity contribution in [2.75, 3.05) is 4.72 Å². The van der Waals surface area contributed by atoms with Crippen LogP contribution in [0, 0.1) is 17.0 Å². The maximum atomic E-state index is 12.5. The zero-order valence-corrected chi connectivity index (χ0v) is 12.6. The summed E-state index contributed by atoms with van der Waals surface area (Å²) in [5.41, 5.74) is 1.22. The normalized spacial score (nSPS) is 11.5. The Labute approximate surface area is 130 Å². The molecule has 0 atom stereocenters. The summed E-state index contributed by atoms with van der Waals surface area (Å²) in [5, 5.41) is 18.1. The van der Waals surface area contributed by atoms with Crippen molar-refractivity contribution in [1.82, 2.24) is 10.3 Å². The van der Waals surface area contributed by atoms with Crippen molar-refractivity contribution in [2.45, 2.75) is 11.8 Å². The Morgan fingerprint density at radius 1 is 1.13 bits per heavy atom.